The van der Waals surface area contributed by atoms with E-state index in [0.717, 1.165) is 17.0 Å². The van der Waals surface area contributed by atoms with E-state index >= 15 is 0 Å². The first-order valence-electron chi connectivity index (χ1n) is 8.32. The van der Waals surface area contributed by atoms with Crippen LogP contribution in [0.15, 0.2) is 18.2 Å². The normalized spacial score (nSPS) is 33.1. The van der Waals surface area contributed by atoms with Crippen molar-refractivity contribution in [2.45, 2.75) is 76.0 Å². The number of hydrogen-bond acceptors (Lipinski definition) is 2. The molecule has 21 heavy (non-hydrogen) atoms. The number of benzene rings is 1. The Morgan fingerprint density at radius 1 is 1.43 bits per heavy atom. The summed E-state index contributed by atoms with van der Waals surface area (Å²) in [5, 5.41) is 14.9. The lowest BCUT2D eigenvalue weighted by Gasteiger charge is -2.39. The largest absolute Gasteiger partial charge is 0.388 e. The highest BCUT2D eigenvalue weighted by Gasteiger charge is 2.44. The van der Waals surface area contributed by atoms with Crippen molar-refractivity contribution >= 4 is 11.6 Å². The van der Waals surface area contributed by atoms with Gasteiger partial charge >= 0.3 is 0 Å². The number of halogens is 1. The van der Waals surface area contributed by atoms with Crippen LogP contribution in [-0.4, -0.2) is 16.7 Å². The lowest BCUT2D eigenvalue weighted by Crippen LogP contribution is -2.48. The highest BCUT2D eigenvalue weighted by molar-refractivity contribution is 6.30. The molecule has 1 aromatic carbocycles. The maximum absolute atomic E-state index is 10.4. The van der Waals surface area contributed by atoms with Crippen LogP contribution in [0, 0.1) is 0 Å². The maximum Gasteiger partial charge on any atom is 0.0790 e. The molecule has 0 aromatic heterocycles. The van der Waals surface area contributed by atoms with Gasteiger partial charge in [-0.25, -0.2) is 0 Å². The third kappa shape index (κ3) is 2.86. The lowest BCUT2D eigenvalue weighted by molar-refractivity contribution is 0.169. The number of nitrogens with one attached hydrogen (secondary N) is 1. The van der Waals surface area contributed by atoms with E-state index in [-0.39, 0.29) is 0 Å². The minimum absolute atomic E-state index is 0.321. The van der Waals surface area contributed by atoms with Gasteiger partial charge in [0, 0.05) is 16.6 Å². The van der Waals surface area contributed by atoms with Gasteiger partial charge in [0.1, 0.15) is 0 Å². The second-order valence-corrected chi connectivity index (χ2v) is 7.28. The Hall–Kier alpha value is -0.570. The van der Waals surface area contributed by atoms with Crippen LogP contribution in [0.5, 0.6) is 0 Å². The second-order valence-electron chi connectivity index (χ2n) is 6.85. The summed E-state index contributed by atoms with van der Waals surface area (Å²) in [4.78, 5) is 0. The molecule has 0 amide bonds. The van der Waals surface area contributed by atoms with Gasteiger partial charge in [0.15, 0.2) is 0 Å². The number of hydrogen-bond donors (Lipinski definition) is 2. The zero-order valence-corrected chi connectivity index (χ0v) is 13.8. The Morgan fingerprint density at radius 2 is 2.24 bits per heavy atom. The molecule has 4 atom stereocenters. The van der Waals surface area contributed by atoms with Gasteiger partial charge in [-0.3, -0.25) is 0 Å². The first kappa shape index (κ1) is 15.3. The lowest BCUT2D eigenvalue weighted by atomic mass is 9.76. The molecule has 2 saturated heterocycles. The zero-order chi connectivity index (χ0) is 15.0. The zero-order valence-electron chi connectivity index (χ0n) is 13.0. The minimum Gasteiger partial charge on any atom is -0.388 e. The molecule has 2 fully saturated rings. The number of aliphatic hydroxyl groups is 1. The minimum atomic E-state index is -0.399. The van der Waals surface area contributed by atoms with Crippen molar-refractivity contribution < 1.29 is 5.11 Å². The van der Waals surface area contributed by atoms with E-state index in [1.807, 2.05) is 19.1 Å². The topological polar surface area (TPSA) is 32.3 Å². The van der Waals surface area contributed by atoms with E-state index in [1.54, 1.807) is 0 Å². The fourth-order valence-electron chi connectivity index (χ4n) is 4.35. The van der Waals surface area contributed by atoms with Crippen molar-refractivity contribution in [3.63, 3.8) is 0 Å². The molecule has 1 aromatic rings. The number of aliphatic hydroxyl groups excluding tert-OH is 1. The highest BCUT2D eigenvalue weighted by Crippen LogP contribution is 2.46. The molecule has 2 N–H and O–H groups in total. The molecule has 2 bridgehead atoms. The van der Waals surface area contributed by atoms with Crippen LogP contribution in [-0.2, 0) is 0 Å². The maximum atomic E-state index is 10.4. The van der Waals surface area contributed by atoms with E-state index < -0.39 is 6.10 Å². The number of fused-ring (bicyclic) bond motifs is 2. The summed E-state index contributed by atoms with van der Waals surface area (Å²) in [6.07, 6.45) is 6.49. The molecule has 3 heteroatoms. The fourth-order valence-corrected chi connectivity index (χ4v) is 4.53. The molecule has 0 saturated carbocycles. The first-order chi connectivity index (χ1) is 10.1. The summed E-state index contributed by atoms with van der Waals surface area (Å²) in [6, 6.07) is 6.74. The van der Waals surface area contributed by atoms with E-state index in [2.05, 4.69) is 18.3 Å². The molecular formula is C18H26ClNO. The van der Waals surface area contributed by atoms with Crippen molar-refractivity contribution in [2.75, 3.05) is 0 Å². The standard InChI is InChI=1S/C18H26ClNO/c1-3-17(21)16-10-13(19)5-6-15(16)12-9-14-7-8-18(4-2,11-12)20-14/h5-6,10,12,14,17,20-21H,3-4,7-9,11H2,1-2H3. The monoisotopic (exact) mass is 307 g/mol. The van der Waals surface area contributed by atoms with Crippen molar-refractivity contribution in [1.82, 2.24) is 5.32 Å². The molecule has 2 aliphatic heterocycles. The van der Waals surface area contributed by atoms with E-state index in [1.165, 1.54) is 37.7 Å². The average Bonchev–Trinajstić information content (AvgIpc) is 2.81. The van der Waals surface area contributed by atoms with Crippen LogP contribution in [0.2, 0.25) is 5.02 Å². The van der Waals surface area contributed by atoms with Gasteiger partial charge in [0.25, 0.3) is 0 Å². The third-order valence-corrected chi connectivity index (χ3v) is 5.83. The molecule has 0 radical (unpaired) electrons. The van der Waals surface area contributed by atoms with Crippen molar-refractivity contribution in [1.29, 1.82) is 0 Å². The summed E-state index contributed by atoms with van der Waals surface area (Å²) in [6.45, 7) is 4.32. The summed E-state index contributed by atoms with van der Waals surface area (Å²) >= 11 is 6.16. The summed E-state index contributed by atoms with van der Waals surface area (Å²) in [5.74, 6) is 0.548. The highest BCUT2D eigenvalue weighted by atomic mass is 35.5. The van der Waals surface area contributed by atoms with Gasteiger partial charge in [-0.15, -0.1) is 0 Å². The summed E-state index contributed by atoms with van der Waals surface area (Å²) < 4.78 is 0. The van der Waals surface area contributed by atoms with E-state index in [0.29, 0.717) is 17.5 Å². The van der Waals surface area contributed by atoms with Gasteiger partial charge in [0.2, 0.25) is 0 Å². The van der Waals surface area contributed by atoms with Crippen LogP contribution < -0.4 is 5.32 Å². The van der Waals surface area contributed by atoms with Crippen LogP contribution in [0.4, 0.5) is 0 Å². The van der Waals surface area contributed by atoms with Crippen LogP contribution in [0.25, 0.3) is 0 Å². The molecule has 2 aliphatic rings. The van der Waals surface area contributed by atoms with Gasteiger partial charge < -0.3 is 10.4 Å². The summed E-state index contributed by atoms with van der Waals surface area (Å²) in [7, 11) is 0. The molecule has 3 rings (SSSR count). The number of rotatable bonds is 4. The quantitative estimate of drug-likeness (QED) is 0.854. The average molecular weight is 308 g/mol. The summed E-state index contributed by atoms with van der Waals surface area (Å²) in [5.41, 5.74) is 2.68. The Balaban J connectivity index is 1.93. The second kappa shape index (κ2) is 5.91. The van der Waals surface area contributed by atoms with Crippen molar-refractivity contribution in [3.05, 3.63) is 34.3 Å². The van der Waals surface area contributed by atoms with Crippen LogP contribution >= 0.6 is 11.6 Å². The smallest absolute Gasteiger partial charge is 0.0790 e. The van der Waals surface area contributed by atoms with Crippen LogP contribution in [0.1, 0.15) is 75.5 Å². The van der Waals surface area contributed by atoms with Gasteiger partial charge in [-0.1, -0.05) is 31.5 Å². The number of piperidine rings is 1. The van der Waals surface area contributed by atoms with Gasteiger partial charge in [-0.2, -0.15) is 0 Å². The SMILES string of the molecule is CCC(O)c1cc(Cl)ccc1C1CC2CCC(CC)(C1)N2. The predicted octanol–water partition coefficient (Wildman–Crippen LogP) is 4.56. The van der Waals surface area contributed by atoms with E-state index in [4.69, 9.17) is 11.6 Å². The molecule has 116 valence electrons. The fraction of sp³-hybridized carbons (Fsp3) is 0.667. The molecule has 0 aliphatic carbocycles. The van der Waals surface area contributed by atoms with Gasteiger partial charge in [-0.05, 0) is 67.7 Å². The Kier molecular flexibility index (Phi) is 4.31. The molecule has 4 unspecified atom stereocenters. The molecule has 2 nitrogen and oxygen atoms in total. The Morgan fingerprint density at radius 3 is 2.95 bits per heavy atom. The van der Waals surface area contributed by atoms with Crippen molar-refractivity contribution in [3.8, 4) is 0 Å². The Bertz CT molecular complexity index is 518. The first-order valence-corrected chi connectivity index (χ1v) is 8.70. The van der Waals surface area contributed by atoms with E-state index in [9.17, 15) is 5.11 Å². The van der Waals surface area contributed by atoms with Gasteiger partial charge in [0.05, 0.1) is 6.10 Å². The Labute approximate surface area is 132 Å². The van der Waals surface area contributed by atoms with Crippen LogP contribution in [0.3, 0.4) is 0 Å². The molecule has 2 heterocycles. The molecular weight excluding hydrogens is 282 g/mol. The molecule has 0 spiro atoms. The third-order valence-electron chi connectivity index (χ3n) is 5.60. The predicted molar refractivity (Wildman–Crippen MR) is 87.9 cm³/mol. The van der Waals surface area contributed by atoms with Crippen molar-refractivity contribution in [2.24, 2.45) is 0 Å².